The summed E-state index contributed by atoms with van der Waals surface area (Å²) in [7, 11) is 2.37. The number of nitrogens with zero attached hydrogens (tertiary/aromatic N) is 1. The van der Waals surface area contributed by atoms with E-state index in [4.69, 9.17) is 0 Å². The third-order valence-corrected chi connectivity index (χ3v) is 5.72. The van der Waals surface area contributed by atoms with Gasteiger partial charge in [-0.25, -0.2) is 0 Å². The summed E-state index contributed by atoms with van der Waals surface area (Å²) in [6, 6.07) is 0.610. The molecule has 0 spiro atoms. The SMILES string of the molecule is CC1CCCC(CNC(C)C)(CN(C)CC2CCCC2)C1. The maximum absolute atomic E-state index is 3.75. The Bertz CT molecular complexity index is 296. The molecule has 0 saturated heterocycles. The smallest absolute Gasteiger partial charge is 0.00473 e. The summed E-state index contributed by atoms with van der Waals surface area (Å²) in [6.07, 6.45) is 11.6. The first kappa shape index (κ1) is 17.3. The minimum absolute atomic E-state index is 0.523. The largest absolute Gasteiger partial charge is 0.314 e. The van der Waals surface area contributed by atoms with E-state index < -0.39 is 0 Å². The predicted octanol–water partition coefficient (Wildman–Crippen LogP) is 4.30. The van der Waals surface area contributed by atoms with Gasteiger partial charge in [-0.3, -0.25) is 0 Å². The van der Waals surface area contributed by atoms with Gasteiger partial charge < -0.3 is 10.2 Å². The highest BCUT2D eigenvalue weighted by molar-refractivity contribution is 4.90. The van der Waals surface area contributed by atoms with E-state index in [1.807, 2.05) is 0 Å². The molecular weight excluding hydrogens is 256 g/mol. The van der Waals surface area contributed by atoms with E-state index in [-0.39, 0.29) is 0 Å². The van der Waals surface area contributed by atoms with Gasteiger partial charge in [0.1, 0.15) is 0 Å². The van der Waals surface area contributed by atoms with Gasteiger partial charge in [-0.15, -0.1) is 0 Å². The fourth-order valence-corrected chi connectivity index (χ4v) is 4.82. The summed E-state index contributed by atoms with van der Waals surface area (Å²) in [5.41, 5.74) is 0.523. The molecule has 2 heteroatoms. The van der Waals surface area contributed by atoms with Crippen LogP contribution in [0.15, 0.2) is 0 Å². The third-order valence-electron chi connectivity index (χ3n) is 5.72. The summed E-state index contributed by atoms with van der Waals surface area (Å²) in [6.45, 7) is 10.9. The Hall–Kier alpha value is -0.0800. The molecule has 2 atom stereocenters. The molecule has 1 N–H and O–H groups in total. The second kappa shape index (κ2) is 7.97. The van der Waals surface area contributed by atoms with Gasteiger partial charge in [0.05, 0.1) is 0 Å². The molecule has 0 aromatic rings. The van der Waals surface area contributed by atoms with Crippen LogP contribution < -0.4 is 5.32 Å². The third kappa shape index (κ3) is 5.56. The summed E-state index contributed by atoms with van der Waals surface area (Å²) in [5.74, 6) is 1.89. The number of rotatable bonds is 7. The minimum Gasteiger partial charge on any atom is -0.314 e. The monoisotopic (exact) mass is 294 g/mol. The number of hydrogen-bond donors (Lipinski definition) is 1. The molecule has 2 aliphatic carbocycles. The van der Waals surface area contributed by atoms with Crippen LogP contribution in [-0.4, -0.2) is 37.6 Å². The van der Waals surface area contributed by atoms with Gasteiger partial charge in [-0.1, -0.05) is 46.5 Å². The van der Waals surface area contributed by atoms with Gasteiger partial charge in [0.2, 0.25) is 0 Å². The van der Waals surface area contributed by atoms with Crippen LogP contribution in [0.4, 0.5) is 0 Å². The Morgan fingerprint density at radius 1 is 1.14 bits per heavy atom. The molecule has 0 radical (unpaired) electrons. The van der Waals surface area contributed by atoms with Crippen LogP contribution in [0.5, 0.6) is 0 Å². The van der Waals surface area contributed by atoms with E-state index in [1.54, 1.807) is 0 Å². The molecule has 0 aromatic heterocycles. The van der Waals surface area contributed by atoms with Gasteiger partial charge in [0.25, 0.3) is 0 Å². The summed E-state index contributed by atoms with van der Waals surface area (Å²) >= 11 is 0. The highest BCUT2D eigenvalue weighted by atomic mass is 15.1. The molecule has 2 aliphatic rings. The second-order valence-electron chi connectivity index (χ2n) is 8.58. The maximum Gasteiger partial charge on any atom is 0.00473 e. The van der Waals surface area contributed by atoms with Gasteiger partial charge in [-0.05, 0) is 50.0 Å². The van der Waals surface area contributed by atoms with E-state index in [2.05, 4.69) is 38.0 Å². The van der Waals surface area contributed by atoms with E-state index in [9.17, 15) is 0 Å². The zero-order valence-corrected chi connectivity index (χ0v) is 15.0. The molecule has 21 heavy (non-hydrogen) atoms. The van der Waals surface area contributed by atoms with Crippen molar-refractivity contribution in [1.29, 1.82) is 0 Å². The van der Waals surface area contributed by atoms with Crippen molar-refractivity contribution in [3.63, 3.8) is 0 Å². The lowest BCUT2D eigenvalue weighted by atomic mass is 9.69. The van der Waals surface area contributed by atoms with Crippen LogP contribution in [0.2, 0.25) is 0 Å². The van der Waals surface area contributed by atoms with Crippen molar-refractivity contribution >= 4 is 0 Å². The van der Waals surface area contributed by atoms with Crippen molar-refractivity contribution < 1.29 is 0 Å². The van der Waals surface area contributed by atoms with Crippen molar-refractivity contribution in [2.75, 3.05) is 26.7 Å². The van der Waals surface area contributed by atoms with Crippen LogP contribution in [-0.2, 0) is 0 Å². The lowest BCUT2D eigenvalue weighted by molar-refractivity contribution is 0.0832. The Labute approximate surface area is 133 Å². The Kier molecular flexibility index (Phi) is 6.55. The average molecular weight is 295 g/mol. The minimum atomic E-state index is 0.523. The highest BCUT2D eigenvalue weighted by Crippen LogP contribution is 2.40. The second-order valence-corrected chi connectivity index (χ2v) is 8.58. The van der Waals surface area contributed by atoms with E-state index in [0.29, 0.717) is 11.5 Å². The number of nitrogens with one attached hydrogen (secondary N) is 1. The molecule has 0 aliphatic heterocycles. The Balaban J connectivity index is 1.90. The van der Waals surface area contributed by atoms with Crippen molar-refractivity contribution in [3.05, 3.63) is 0 Å². The van der Waals surface area contributed by atoms with Crippen molar-refractivity contribution in [3.8, 4) is 0 Å². The lowest BCUT2D eigenvalue weighted by Gasteiger charge is -2.43. The first-order chi connectivity index (χ1) is 9.99. The van der Waals surface area contributed by atoms with Gasteiger partial charge in [0, 0.05) is 25.7 Å². The summed E-state index contributed by atoms with van der Waals surface area (Å²) in [5, 5.41) is 3.75. The van der Waals surface area contributed by atoms with Crippen LogP contribution in [0.3, 0.4) is 0 Å². The van der Waals surface area contributed by atoms with E-state index in [0.717, 1.165) is 11.8 Å². The maximum atomic E-state index is 3.75. The molecule has 2 fully saturated rings. The molecule has 0 aromatic carbocycles. The van der Waals surface area contributed by atoms with Crippen LogP contribution in [0.1, 0.15) is 72.1 Å². The van der Waals surface area contributed by atoms with Crippen molar-refractivity contribution in [2.24, 2.45) is 17.3 Å². The standard InChI is InChI=1S/C19H38N2/c1-16(2)20-14-19(11-7-8-17(3)12-19)15-21(4)13-18-9-5-6-10-18/h16-18,20H,5-15H2,1-4H3. The van der Waals surface area contributed by atoms with Gasteiger partial charge in [0.15, 0.2) is 0 Å². The van der Waals surface area contributed by atoms with Crippen LogP contribution in [0.25, 0.3) is 0 Å². The van der Waals surface area contributed by atoms with E-state index in [1.165, 1.54) is 71.0 Å². The Morgan fingerprint density at radius 3 is 2.48 bits per heavy atom. The number of hydrogen-bond acceptors (Lipinski definition) is 2. The molecule has 0 bridgehead atoms. The lowest BCUT2D eigenvalue weighted by Crippen LogP contribution is -2.47. The van der Waals surface area contributed by atoms with Crippen molar-refractivity contribution in [2.45, 2.75) is 78.2 Å². The quantitative estimate of drug-likeness (QED) is 0.753. The molecular formula is C19H38N2. The zero-order valence-electron chi connectivity index (χ0n) is 15.0. The average Bonchev–Trinajstić information content (AvgIpc) is 2.89. The van der Waals surface area contributed by atoms with Gasteiger partial charge in [-0.2, -0.15) is 0 Å². The first-order valence-corrected chi connectivity index (χ1v) is 9.41. The predicted molar refractivity (Wildman–Crippen MR) is 92.7 cm³/mol. The van der Waals surface area contributed by atoms with Crippen molar-refractivity contribution in [1.82, 2.24) is 10.2 Å². The molecule has 2 unspecified atom stereocenters. The van der Waals surface area contributed by atoms with Crippen LogP contribution in [0, 0.1) is 17.3 Å². The molecule has 2 nitrogen and oxygen atoms in total. The first-order valence-electron chi connectivity index (χ1n) is 9.41. The van der Waals surface area contributed by atoms with E-state index >= 15 is 0 Å². The normalized spacial score (nSPS) is 31.4. The molecule has 124 valence electrons. The molecule has 0 heterocycles. The molecule has 0 amide bonds. The highest BCUT2D eigenvalue weighted by Gasteiger charge is 2.36. The fourth-order valence-electron chi connectivity index (χ4n) is 4.82. The fraction of sp³-hybridized carbons (Fsp3) is 1.00. The summed E-state index contributed by atoms with van der Waals surface area (Å²) in [4.78, 5) is 2.66. The molecule has 2 saturated carbocycles. The molecule has 2 rings (SSSR count). The Morgan fingerprint density at radius 2 is 1.86 bits per heavy atom. The topological polar surface area (TPSA) is 15.3 Å². The summed E-state index contributed by atoms with van der Waals surface area (Å²) < 4.78 is 0. The van der Waals surface area contributed by atoms with Crippen LogP contribution >= 0.6 is 0 Å². The van der Waals surface area contributed by atoms with Gasteiger partial charge >= 0.3 is 0 Å². The zero-order chi connectivity index (χ0) is 15.3.